The minimum absolute atomic E-state index is 0.155. The Balaban J connectivity index is 2.14. The molecule has 0 saturated carbocycles. The van der Waals surface area contributed by atoms with Gasteiger partial charge in [0.15, 0.2) is 0 Å². The number of rotatable bonds is 4. The molecule has 0 spiro atoms. The molecule has 2 aromatic carbocycles. The smallest absolute Gasteiger partial charge is 0.0292 e. The summed E-state index contributed by atoms with van der Waals surface area (Å²) in [5.74, 6) is 0. The van der Waals surface area contributed by atoms with E-state index >= 15 is 0 Å². The van der Waals surface area contributed by atoms with Gasteiger partial charge in [0.05, 0.1) is 0 Å². The Labute approximate surface area is 113 Å². The van der Waals surface area contributed by atoms with E-state index in [4.69, 9.17) is 5.73 Å². The van der Waals surface area contributed by atoms with Crippen molar-refractivity contribution in [2.45, 2.75) is 36.1 Å². The monoisotopic (exact) mass is 257 g/mol. The fraction of sp³-hybridized carbons (Fsp3) is 0.250. The quantitative estimate of drug-likeness (QED) is 0.869. The SMILES string of the molecule is CCC(N)c1ccc(Sc2ccccc2C)cc1. The summed E-state index contributed by atoms with van der Waals surface area (Å²) in [6.07, 6.45) is 0.976. The molecule has 0 saturated heterocycles. The highest BCUT2D eigenvalue weighted by Gasteiger charge is 2.04. The van der Waals surface area contributed by atoms with E-state index in [1.165, 1.54) is 20.9 Å². The standard InChI is InChI=1S/C16H19NS/c1-3-15(17)13-8-10-14(11-9-13)18-16-7-5-4-6-12(16)2/h4-11,15H,3,17H2,1-2H3. The van der Waals surface area contributed by atoms with Crippen LogP contribution in [0.25, 0.3) is 0 Å². The molecular weight excluding hydrogens is 238 g/mol. The molecular formula is C16H19NS. The zero-order valence-electron chi connectivity index (χ0n) is 10.9. The predicted octanol–water partition coefficient (Wildman–Crippen LogP) is 4.56. The van der Waals surface area contributed by atoms with Crippen molar-refractivity contribution < 1.29 is 0 Å². The molecule has 0 aliphatic heterocycles. The summed E-state index contributed by atoms with van der Waals surface area (Å²) >= 11 is 1.80. The zero-order chi connectivity index (χ0) is 13.0. The number of hydrogen-bond donors (Lipinski definition) is 1. The third kappa shape index (κ3) is 3.15. The molecule has 1 atom stereocenters. The summed E-state index contributed by atoms with van der Waals surface area (Å²) in [4.78, 5) is 2.57. The third-order valence-corrected chi connectivity index (χ3v) is 4.26. The lowest BCUT2D eigenvalue weighted by Gasteiger charge is -2.10. The van der Waals surface area contributed by atoms with Crippen molar-refractivity contribution in [3.05, 3.63) is 59.7 Å². The Hall–Kier alpha value is -1.25. The van der Waals surface area contributed by atoms with Gasteiger partial charge < -0.3 is 5.73 Å². The fourth-order valence-electron chi connectivity index (χ4n) is 1.82. The number of aryl methyl sites for hydroxylation is 1. The molecule has 94 valence electrons. The van der Waals surface area contributed by atoms with Crippen molar-refractivity contribution in [2.24, 2.45) is 5.73 Å². The largest absolute Gasteiger partial charge is 0.324 e. The van der Waals surface area contributed by atoms with Crippen LogP contribution in [-0.4, -0.2) is 0 Å². The molecule has 2 aromatic rings. The number of benzene rings is 2. The fourth-order valence-corrected chi connectivity index (χ4v) is 2.72. The molecule has 0 bridgehead atoms. The van der Waals surface area contributed by atoms with Gasteiger partial charge in [-0.2, -0.15) is 0 Å². The first-order valence-electron chi connectivity index (χ1n) is 6.29. The molecule has 0 radical (unpaired) electrons. The molecule has 2 rings (SSSR count). The summed E-state index contributed by atoms with van der Waals surface area (Å²) in [6, 6.07) is 17.2. The van der Waals surface area contributed by atoms with Gasteiger partial charge in [-0.25, -0.2) is 0 Å². The molecule has 1 unspecified atom stereocenters. The summed E-state index contributed by atoms with van der Waals surface area (Å²) in [7, 11) is 0. The number of hydrogen-bond acceptors (Lipinski definition) is 2. The summed E-state index contributed by atoms with van der Waals surface area (Å²) in [5, 5.41) is 0. The first-order chi connectivity index (χ1) is 8.70. The van der Waals surface area contributed by atoms with E-state index in [0.717, 1.165) is 6.42 Å². The summed E-state index contributed by atoms with van der Waals surface area (Å²) in [6.45, 7) is 4.25. The molecule has 0 amide bonds. The van der Waals surface area contributed by atoms with Crippen molar-refractivity contribution in [3.63, 3.8) is 0 Å². The van der Waals surface area contributed by atoms with Crippen LogP contribution in [0.1, 0.15) is 30.5 Å². The van der Waals surface area contributed by atoms with Crippen LogP contribution in [0.3, 0.4) is 0 Å². The van der Waals surface area contributed by atoms with Gasteiger partial charge in [-0.1, -0.05) is 49.0 Å². The lowest BCUT2D eigenvalue weighted by molar-refractivity contribution is 0.698. The maximum Gasteiger partial charge on any atom is 0.0292 e. The van der Waals surface area contributed by atoms with E-state index in [0.29, 0.717) is 0 Å². The van der Waals surface area contributed by atoms with E-state index in [-0.39, 0.29) is 6.04 Å². The second-order valence-electron chi connectivity index (χ2n) is 4.45. The van der Waals surface area contributed by atoms with E-state index in [1.54, 1.807) is 11.8 Å². The van der Waals surface area contributed by atoms with E-state index in [2.05, 4.69) is 62.4 Å². The van der Waals surface area contributed by atoms with Gasteiger partial charge in [-0.3, -0.25) is 0 Å². The average molecular weight is 257 g/mol. The van der Waals surface area contributed by atoms with Gasteiger partial charge in [-0.15, -0.1) is 0 Å². The van der Waals surface area contributed by atoms with Crippen LogP contribution in [0.15, 0.2) is 58.3 Å². The third-order valence-electron chi connectivity index (χ3n) is 3.07. The molecule has 0 aliphatic carbocycles. The second-order valence-corrected chi connectivity index (χ2v) is 5.57. The molecule has 0 aliphatic rings. The normalized spacial score (nSPS) is 12.4. The zero-order valence-corrected chi connectivity index (χ0v) is 11.7. The van der Waals surface area contributed by atoms with Gasteiger partial charge >= 0.3 is 0 Å². The van der Waals surface area contributed by atoms with Crippen molar-refractivity contribution in [3.8, 4) is 0 Å². The lowest BCUT2D eigenvalue weighted by atomic mass is 10.1. The Bertz CT molecular complexity index is 505. The molecule has 2 heteroatoms. The van der Waals surface area contributed by atoms with Crippen molar-refractivity contribution in [2.75, 3.05) is 0 Å². The second kappa shape index (κ2) is 6.07. The Kier molecular flexibility index (Phi) is 4.45. The van der Waals surface area contributed by atoms with Crippen LogP contribution in [0.5, 0.6) is 0 Å². The van der Waals surface area contributed by atoms with E-state index in [1.807, 2.05) is 0 Å². The van der Waals surface area contributed by atoms with Gasteiger partial charge in [-0.05, 0) is 42.7 Å². The maximum atomic E-state index is 6.01. The lowest BCUT2D eigenvalue weighted by Crippen LogP contribution is -2.07. The van der Waals surface area contributed by atoms with Crippen molar-refractivity contribution in [1.29, 1.82) is 0 Å². The topological polar surface area (TPSA) is 26.0 Å². The van der Waals surface area contributed by atoms with Crippen molar-refractivity contribution >= 4 is 11.8 Å². The van der Waals surface area contributed by atoms with Crippen LogP contribution in [-0.2, 0) is 0 Å². The predicted molar refractivity (Wildman–Crippen MR) is 79.0 cm³/mol. The van der Waals surface area contributed by atoms with Crippen LogP contribution >= 0.6 is 11.8 Å². The Morgan fingerprint density at radius 2 is 1.72 bits per heavy atom. The number of nitrogens with two attached hydrogens (primary N) is 1. The Morgan fingerprint density at radius 1 is 1.06 bits per heavy atom. The molecule has 2 N–H and O–H groups in total. The first kappa shape index (κ1) is 13.2. The van der Waals surface area contributed by atoms with Gasteiger partial charge in [0.1, 0.15) is 0 Å². The molecule has 18 heavy (non-hydrogen) atoms. The highest BCUT2D eigenvalue weighted by atomic mass is 32.2. The molecule has 0 aromatic heterocycles. The van der Waals surface area contributed by atoms with Gasteiger partial charge in [0, 0.05) is 15.8 Å². The highest BCUT2D eigenvalue weighted by Crippen LogP contribution is 2.30. The highest BCUT2D eigenvalue weighted by molar-refractivity contribution is 7.99. The summed E-state index contributed by atoms with van der Waals surface area (Å²) < 4.78 is 0. The van der Waals surface area contributed by atoms with Gasteiger partial charge in [0.2, 0.25) is 0 Å². The van der Waals surface area contributed by atoms with Crippen molar-refractivity contribution in [1.82, 2.24) is 0 Å². The van der Waals surface area contributed by atoms with Crippen LogP contribution < -0.4 is 5.73 Å². The summed E-state index contributed by atoms with van der Waals surface area (Å²) in [5.41, 5.74) is 8.55. The maximum absolute atomic E-state index is 6.01. The van der Waals surface area contributed by atoms with Gasteiger partial charge in [0.25, 0.3) is 0 Å². The molecule has 0 fully saturated rings. The minimum Gasteiger partial charge on any atom is -0.324 e. The van der Waals surface area contributed by atoms with Crippen LogP contribution in [0.4, 0.5) is 0 Å². The first-order valence-corrected chi connectivity index (χ1v) is 7.11. The van der Waals surface area contributed by atoms with E-state index in [9.17, 15) is 0 Å². The van der Waals surface area contributed by atoms with Crippen LogP contribution in [0, 0.1) is 6.92 Å². The van der Waals surface area contributed by atoms with Crippen LogP contribution in [0.2, 0.25) is 0 Å². The molecule has 1 nitrogen and oxygen atoms in total. The molecule has 0 heterocycles. The minimum atomic E-state index is 0.155. The Morgan fingerprint density at radius 3 is 2.33 bits per heavy atom. The average Bonchev–Trinajstić information content (AvgIpc) is 2.41. The van der Waals surface area contributed by atoms with E-state index < -0.39 is 0 Å².